The zero-order chi connectivity index (χ0) is 9.90. The van der Waals surface area contributed by atoms with Gasteiger partial charge >= 0.3 is 0 Å². The van der Waals surface area contributed by atoms with Crippen LogP contribution in [0, 0.1) is 0 Å². The van der Waals surface area contributed by atoms with Crippen LogP contribution < -0.4 is 0 Å². The summed E-state index contributed by atoms with van der Waals surface area (Å²) in [6.45, 7) is 2.35. The number of ether oxygens (including phenoxy) is 1. The Hall–Kier alpha value is -0.130. The largest absolute Gasteiger partial charge is 0.370 e. The molecule has 1 heterocycles. The molecule has 4 nitrogen and oxygen atoms in total. The molecule has 0 spiro atoms. The third kappa shape index (κ3) is 4.59. The number of epoxide rings is 1. The van der Waals surface area contributed by atoms with E-state index < -0.39 is 10.1 Å². The lowest BCUT2D eigenvalue weighted by Gasteiger charge is -1.98. The van der Waals surface area contributed by atoms with E-state index in [9.17, 15) is 8.42 Å². The molecule has 1 aliphatic heterocycles. The summed E-state index contributed by atoms with van der Waals surface area (Å²) >= 11 is 0. The average Bonchev–Trinajstić information content (AvgIpc) is 2.75. The first-order valence-corrected chi connectivity index (χ1v) is 6.34. The second-order valence-electron chi connectivity index (χ2n) is 3.29. The summed E-state index contributed by atoms with van der Waals surface area (Å²) < 4.78 is 31.0. The fraction of sp³-hybridized carbons (Fsp3) is 1.00. The van der Waals surface area contributed by atoms with E-state index in [0.717, 1.165) is 25.5 Å². The molecule has 0 aromatic heterocycles. The van der Waals surface area contributed by atoms with Crippen molar-refractivity contribution in [2.45, 2.75) is 38.4 Å². The smallest absolute Gasteiger partial charge is 0.264 e. The Balaban J connectivity index is 1.97. The van der Waals surface area contributed by atoms with Crippen LogP contribution >= 0.6 is 0 Å². The number of hydrogen-bond donors (Lipinski definition) is 0. The molecular formula is C8H16O4S. The van der Waals surface area contributed by atoms with E-state index in [4.69, 9.17) is 4.74 Å². The molecule has 13 heavy (non-hydrogen) atoms. The molecule has 0 aromatic rings. The van der Waals surface area contributed by atoms with Gasteiger partial charge in [0, 0.05) is 0 Å². The van der Waals surface area contributed by atoms with Crippen molar-refractivity contribution in [1.29, 1.82) is 0 Å². The predicted octanol–water partition coefficient (Wildman–Crippen LogP) is 0.920. The van der Waals surface area contributed by atoms with Crippen LogP contribution in [0.3, 0.4) is 0 Å². The Morgan fingerprint density at radius 3 is 2.54 bits per heavy atom. The van der Waals surface area contributed by atoms with E-state index in [0.29, 0.717) is 12.2 Å². The van der Waals surface area contributed by atoms with Gasteiger partial charge in [-0.05, 0) is 19.3 Å². The molecule has 2 atom stereocenters. The standard InChI is InChI=1S/C8H16O4S/c1-3-7-8(12-7)5-4-6-11-13(2,9)10/h7-8H,3-6H2,1-2H3. The third-order valence-corrected chi connectivity index (χ3v) is 2.62. The summed E-state index contributed by atoms with van der Waals surface area (Å²) in [5.41, 5.74) is 0. The molecule has 5 heteroatoms. The highest BCUT2D eigenvalue weighted by Gasteiger charge is 2.35. The Morgan fingerprint density at radius 1 is 1.38 bits per heavy atom. The summed E-state index contributed by atoms with van der Waals surface area (Å²) in [4.78, 5) is 0. The molecule has 0 aromatic carbocycles. The maximum Gasteiger partial charge on any atom is 0.264 e. The molecule has 0 bridgehead atoms. The first-order valence-electron chi connectivity index (χ1n) is 4.53. The molecule has 78 valence electrons. The minimum Gasteiger partial charge on any atom is -0.370 e. The van der Waals surface area contributed by atoms with Gasteiger partial charge in [0.1, 0.15) is 0 Å². The van der Waals surface area contributed by atoms with Gasteiger partial charge in [-0.3, -0.25) is 4.18 Å². The van der Waals surface area contributed by atoms with Crippen LogP contribution in [-0.2, 0) is 19.0 Å². The van der Waals surface area contributed by atoms with Crippen molar-refractivity contribution < 1.29 is 17.3 Å². The quantitative estimate of drug-likeness (QED) is 0.370. The van der Waals surface area contributed by atoms with Gasteiger partial charge in [-0.2, -0.15) is 8.42 Å². The summed E-state index contributed by atoms with van der Waals surface area (Å²) in [5.74, 6) is 0. The van der Waals surface area contributed by atoms with Gasteiger partial charge in [-0.15, -0.1) is 0 Å². The lowest BCUT2D eigenvalue weighted by Crippen LogP contribution is -2.05. The first-order chi connectivity index (χ1) is 6.03. The second kappa shape index (κ2) is 4.39. The van der Waals surface area contributed by atoms with E-state index in [-0.39, 0.29) is 6.61 Å². The van der Waals surface area contributed by atoms with E-state index in [2.05, 4.69) is 11.1 Å². The van der Waals surface area contributed by atoms with Crippen LogP contribution in [-0.4, -0.2) is 33.5 Å². The lowest BCUT2D eigenvalue weighted by atomic mass is 10.2. The van der Waals surface area contributed by atoms with Crippen LogP contribution in [0.5, 0.6) is 0 Å². The maximum absolute atomic E-state index is 10.6. The maximum atomic E-state index is 10.6. The first kappa shape index (κ1) is 10.9. The molecule has 0 N–H and O–H groups in total. The van der Waals surface area contributed by atoms with Crippen LogP contribution in [0.15, 0.2) is 0 Å². The molecule has 1 aliphatic rings. The Bertz CT molecular complexity index is 247. The zero-order valence-electron chi connectivity index (χ0n) is 8.02. The lowest BCUT2D eigenvalue weighted by molar-refractivity contribution is 0.296. The molecular weight excluding hydrogens is 192 g/mol. The van der Waals surface area contributed by atoms with E-state index >= 15 is 0 Å². The molecule has 1 rings (SSSR count). The third-order valence-electron chi connectivity index (χ3n) is 2.02. The molecule has 2 unspecified atom stereocenters. The molecule has 0 amide bonds. The Kier molecular flexibility index (Phi) is 3.70. The van der Waals surface area contributed by atoms with Crippen molar-refractivity contribution in [1.82, 2.24) is 0 Å². The summed E-state index contributed by atoms with van der Waals surface area (Å²) in [6.07, 6.45) is 4.49. The fourth-order valence-corrected chi connectivity index (χ4v) is 1.71. The van der Waals surface area contributed by atoms with E-state index in [1.165, 1.54) is 0 Å². The van der Waals surface area contributed by atoms with Crippen molar-refractivity contribution in [3.05, 3.63) is 0 Å². The van der Waals surface area contributed by atoms with Gasteiger partial charge in [-0.1, -0.05) is 6.92 Å². The minimum atomic E-state index is -3.26. The van der Waals surface area contributed by atoms with Gasteiger partial charge in [0.25, 0.3) is 10.1 Å². The van der Waals surface area contributed by atoms with Crippen LogP contribution in [0.25, 0.3) is 0 Å². The highest BCUT2D eigenvalue weighted by atomic mass is 32.2. The van der Waals surface area contributed by atoms with Crippen LogP contribution in [0.4, 0.5) is 0 Å². The number of rotatable bonds is 6. The van der Waals surface area contributed by atoms with Gasteiger partial charge in [0.15, 0.2) is 0 Å². The minimum absolute atomic E-state index is 0.273. The van der Waals surface area contributed by atoms with Crippen molar-refractivity contribution in [2.24, 2.45) is 0 Å². The van der Waals surface area contributed by atoms with Crippen molar-refractivity contribution in [3.63, 3.8) is 0 Å². The predicted molar refractivity (Wildman–Crippen MR) is 49.0 cm³/mol. The van der Waals surface area contributed by atoms with Gasteiger partial charge < -0.3 is 4.74 Å². The topological polar surface area (TPSA) is 55.9 Å². The van der Waals surface area contributed by atoms with Crippen LogP contribution in [0.2, 0.25) is 0 Å². The number of hydrogen-bond acceptors (Lipinski definition) is 4. The highest BCUT2D eigenvalue weighted by Crippen LogP contribution is 2.28. The zero-order valence-corrected chi connectivity index (χ0v) is 8.84. The molecule has 1 saturated heterocycles. The SMILES string of the molecule is CCC1OC1CCCOS(C)(=O)=O. The highest BCUT2D eigenvalue weighted by molar-refractivity contribution is 7.85. The Morgan fingerprint density at radius 2 is 2.08 bits per heavy atom. The van der Waals surface area contributed by atoms with Crippen molar-refractivity contribution in [3.8, 4) is 0 Å². The van der Waals surface area contributed by atoms with Gasteiger partial charge in [0.05, 0.1) is 25.1 Å². The van der Waals surface area contributed by atoms with E-state index in [1.807, 2.05) is 0 Å². The van der Waals surface area contributed by atoms with Crippen LogP contribution in [0.1, 0.15) is 26.2 Å². The second-order valence-corrected chi connectivity index (χ2v) is 4.93. The summed E-state index contributed by atoms with van der Waals surface area (Å²) in [6, 6.07) is 0. The fourth-order valence-electron chi connectivity index (χ4n) is 1.29. The van der Waals surface area contributed by atoms with Crippen molar-refractivity contribution >= 4 is 10.1 Å². The average molecular weight is 208 g/mol. The van der Waals surface area contributed by atoms with E-state index in [1.54, 1.807) is 0 Å². The summed E-state index contributed by atoms with van der Waals surface area (Å²) in [5, 5.41) is 0. The molecule has 0 aliphatic carbocycles. The molecule has 0 saturated carbocycles. The van der Waals surface area contributed by atoms with Gasteiger partial charge in [0.2, 0.25) is 0 Å². The normalized spacial score (nSPS) is 27.5. The van der Waals surface area contributed by atoms with Gasteiger partial charge in [-0.25, -0.2) is 0 Å². The van der Waals surface area contributed by atoms with Crippen molar-refractivity contribution in [2.75, 3.05) is 12.9 Å². The molecule has 0 radical (unpaired) electrons. The molecule has 1 fully saturated rings. The summed E-state index contributed by atoms with van der Waals surface area (Å²) in [7, 11) is -3.26. The Labute approximate surface area is 79.3 Å². The monoisotopic (exact) mass is 208 g/mol.